The average Bonchev–Trinajstić information content (AvgIpc) is 2.07. The van der Waals surface area contributed by atoms with Crippen molar-refractivity contribution in [1.82, 2.24) is 0 Å². The molecule has 0 heterocycles. The zero-order valence-corrected chi connectivity index (χ0v) is 11.7. The summed E-state index contributed by atoms with van der Waals surface area (Å²) in [6, 6.07) is 0. The van der Waals surface area contributed by atoms with Gasteiger partial charge in [-0.15, -0.1) is 0 Å². The summed E-state index contributed by atoms with van der Waals surface area (Å²) in [6.07, 6.45) is 0.370. The highest BCUT2D eigenvalue weighted by Gasteiger charge is 2.34. The summed E-state index contributed by atoms with van der Waals surface area (Å²) < 4.78 is 27.2. The highest BCUT2D eigenvalue weighted by atomic mass is 32.2. The first kappa shape index (κ1) is 16.9. The predicted molar refractivity (Wildman–Crippen MR) is 64.4 cm³/mol. The van der Waals surface area contributed by atoms with Gasteiger partial charge in [-0.25, -0.2) is 8.42 Å². The molecule has 0 saturated carbocycles. The van der Waals surface area contributed by atoms with E-state index in [4.69, 9.17) is 15.6 Å². The van der Waals surface area contributed by atoms with Gasteiger partial charge in [-0.3, -0.25) is 9.59 Å². The number of nitrogens with two attached hydrogens (primary N) is 1. The molecule has 0 fully saturated rings. The summed E-state index contributed by atoms with van der Waals surface area (Å²) in [5.41, 5.74) is 4.48. The summed E-state index contributed by atoms with van der Waals surface area (Å²) in [5.74, 6) is -4.04. The molecule has 0 radical (unpaired) electrons. The largest absolute Gasteiger partial charge is 0.481 e. The van der Waals surface area contributed by atoms with E-state index in [0.29, 0.717) is 0 Å². The third kappa shape index (κ3) is 5.97. The van der Waals surface area contributed by atoms with E-state index in [1.54, 1.807) is 20.8 Å². The number of ether oxygens (including phenoxy) is 1. The van der Waals surface area contributed by atoms with Crippen molar-refractivity contribution in [3.63, 3.8) is 0 Å². The zero-order valence-electron chi connectivity index (χ0n) is 10.8. The lowest BCUT2D eigenvalue weighted by Gasteiger charge is -2.23. The Hall–Kier alpha value is -1.15. The molecule has 3 N–H and O–H groups in total. The number of rotatable bonds is 5. The smallest absolute Gasteiger partial charge is 0.320 e. The summed E-state index contributed by atoms with van der Waals surface area (Å²) in [5, 5.41) is 7.49. The second-order valence-electron chi connectivity index (χ2n) is 5.03. The molecule has 0 bridgehead atoms. The van der Waals surface area contributed by atoms with Gasteiger partial charge in [0.1, 0.15) is 11.0 Å². The molecule has 18 heavy (non-hydrogen) atoms. The number of carbonyl (C=O) groups is 2. The Morgan fingerprint density at radius 1 is 1.33 bits per heavy atom. The number of sulfone groups is 1. The lowest BCUT2D eigenvalue weighted by atomic mass is 10.1. The van der Waals surface area contributed by atoms with E-state index in [1.807, 2.05) is 0 Å². The van der Waals surface area contributed by atoms with Crippen LogP contribution >= 0.6 is 0 Å². The Balaban J connectivity index is 4.90. The average molecular weight is 281 g/mol. The number of aliphatic carboxylic acids is 1. The van der Waals surface area contributed by atoms with Gasteiger partial charge in [0.25, 0.3) is 0 Å². The van der Waals surface area contributed by atoms with Crippen LogP contribution in [0.4, 0.5) is 0 Å². The second kappa shape index (κ2) is 5.66. The van der Waals surface area contributed by atoms with Crippen molar-refractivity contribution in [1.29, 1.82) is 0 Å². The summed E-state index contributed by atoms with van der Waals surface area (Å²) in [7, 11) is -3.60. The van der Waals surface area contributed by atoms with E-state index in [2.05, 4.69) is 0 Å². The quantitative estimate of drug-likeness (QED) is 0.526. The van der Waals surface area contributed by atoms with Crippen molar-refractivity contribution in [3.05, 3.63) is 0 Å². The number of carbonyl (C=O) groups excluding carboxylic acids is 1. The molecule has 0 aromatic carbocycles. The third-order valence-electron chi connectivity index (χ3n) is 2.01. The monoisotopic (exact) mass is 281 g/mol. The molecule has 0 aliphatic heterocycles. The molecule has 0 aliphatic rings. The van der Waals surface area contributed by atoms with Crippen molar-refractivity contribution in [2.24, 2.45) is 11.7 Å². The van der Waals surface area contributed by atoms with Crippen molar-refractivity contribution in [2.45, 2.75) is 38.2 Å². The van der Waals surface area contributed by atoms with Gasteiger partial charge in [-0.2, -0.15) is 0 Å². The van der Waals surface area contributed by atoms with Crippen LogP contribution in [0, 0.1) is 5.92 Å². The van der Waals surface area contributed by atoms with E-state index in [0.717, 1.165) is 6.26 Å². The fourth-order valence-corrected chi connectivity index (χ4v) is 1.62. The van der Waals surface area contributed by atoms with Gasteiger partial charge >= 0.3 is 11.9 Å². The van der Waals surface area contributed by atoms with Crippen LogP contribution in [0.5, 0.6) is 0 Å². The fourth-order valence-electron chi connectivity index (χ4n) is 1.08. The van der Waals surface area contributed by atoms with E-state index in [-0.39, 0.29) is 0 Å². The van der Waals surface area contributed by atoms with Gasteiger partial charge in [-0.05, 0) is 20.8 Å². The lowest BCUT2D eigenvalue weighted by Crippen LogP contribution is -2.39. The van der Waals surface area contributed by atoms with Crippen molar-refractivity contribution < 1.29 is 27.9 Å². The van der Waals surface area contributed by atoms with Crippen LogP contribution in [0.3, 0.4) is 0 Å². The van der Waals surface area contributed by atoms with E-state index in [1.165, 1.54) is 0 Å². The number of carboxylic acids is 1. The first-order chi connectivity index (χ1) is 7.84. The van der Waals surface area contributed by atoms with Crippen LogP contribution in [-0.4, -0.2) is 42.7 Å². The molecule has 2 atom stereocenters. The van der Waals surface area contributed by atoms with Crippen LogP contribution in [0.2, 0.25) is 0 Å². The Labute approximate surface area is 106 Å². The minimum atomic E-state index is -3.60. The van der Waals surface area contributed by atoms with E-state index >= 15 is 0 Å². The molecule has 106 valence electrons. The Morgan fingerprint density at radius 3 is 2.06 bits per heavy atom. The summed E-state index contributed by atoms with van der Waals surface area (Å²) >= 11 is 0. The SMILES string of the molecule is CC(C)(C)OC(=O)C(CC(N)S(C)(=O)=O)C(=O)O. The van der Waals surface area contributed by atoms with E-state index < -0.39 is 45.1 Å². The molecule has 8 heteroatoms. The maximum atomic E-state index is 11.6. The lowest BCUT2D eigenvalue weighted by molar-refractivity contribution is -0.167. The third-order valence-corrected chi connectivity index (χ3v) is 3.30. The molecular formula is C10H19NO6S. The minimum Gasteiger partial charge on any atom is -0.481 e. The standard InChI is InChI=1S/C10H19NO6S/c1-10(2,3)17-9(14)6(8(12)13)5-7(11)18(4,15)16/h6-7H,5,11H2,1-4H3,(H,12,13). The van der Waals surface area contributed by atoms with Gasteiger partial charge in [0, 0.05) is 12.7 Å². The Morgan fingerprint density at radius 2 is 1.78 bits per heavy atom. The molecule has 0 saturated heterocycles. The minimum absolute atomic E-state index is 0.511. The number of hydrogen-bond donors (Lipinski definition) is 2. The van der Waals surface area contributed by atoms with Gasteiger partial charge < -0.3 is 15.6 Å². The molecule has 0 aromatic rings. The van der Waals surface area contributed by atoms with Gasteiger partial charge in [0.2, 0.25) is 0 Å². The summed E-state index contributed by atoms with van der Waals surface area (Å²) in [4.78, 5) is 22.5. The molecule has 2 unspecified atom stereocenters. The van der Waals surface area contributed by atoms with Crippen molar-refractivity contribution >= 4 is 21.8 Å². The van der Waals surface area contributed by atoms with Crippen molar-refractivity contribution in [3.8, 4) is 0 Å². The molecule has 0 aliphatic carbocycles. The van der Waals surface area contributed by atoms with Crippen LogP contribution in [0.15, 0.2) is 0 Å². The van der Waals surface area contributed by atoms with Crippen LogP contribution < -0.4 is 5.73 Å². The highest BCUT2D eigenvalue weighted by Crippen LogP contribution is 2.16. The van der Waals surface area contributed by atoms with Gasteiger partial charge in [0.05, 0.1) is 0 Å². The maximum absolute atomic E-state index is 11.6. The first-order valence-electron chi connectivity index (χ1n) is 5.24. The van der Waals surface area contributed by atoms with E-state index in [9.17, 15) is 18.0 Å². The number of carboxylic acid groups (broad SMARTS) is 1. The fraction of sp³-hybridized carbons (Fsp3) is 0.800. The Bertz CT molecular complexity index is 422. The summed E-state index contributed by atoms with van der Waals surface area (Å²) in [6.45, 7) is 4.75. The Kier molecular flexibility index (Phi) is 5.30. The zero-order chi connectivity index (χ0) is 14.7. The second-order valence-corrected chi connectivity index (χ2v) is 7.29. The van der Waals surface area contributed by atoms with Crippen molar-refractivity contribution in [2.75, 3.05) is 6.26 Å². The highest BCUT2D eigenvalue weighted by molar-refractivity contribution is 7.91. The topological polar surface area (TPSA) is 124 Å². The van der Waals surface area contributed by atoms with Crippen LogP contribution in [-0.2, 0) is 24.2 Å². The first-order valence-corrected chi connectivity index (χ1v) is 7.20. The van der Waals surface area contributed by atoms with Crippen LogP contribution in [0.25, 0.3) is 0 Å². The normalized spacial score (nSPS) is 15.8. The number of esters is 1. The molecule has 0 rings (SSSR count). The molecule has 0 spiro atoms. The molecular weight excluding hydrogens is 262 g/mol. The van der Waals surface area contributed by atoms with Crippen LogP contribution in [0.1, 0.15) is 27.2 Å². The maximum Gasteiger partial charge on any atom is 0.320 e. The predicted octanol–water partition coefficient (Wildman–Crippen LogP) is -0.252. The molecule has 7 nitrogen and oxygen atoms in total. The molecule has 0 aromatic heterocycles. The number of hydrogen-bond acceptors (Lipinski definition) is 6. The molecule has 0 amide bonds. The van der Waals surface area contributed by atoms with Gasteiger partial charge in [0.15, 0.2) is 15.8 Å². The van der Waals surface area contributed by atoms with Gasteiger partial charge in [-0.1, -0.05) is 0 Å².